The van der Waals surface area contributed by atoms with Crippen molar-refractivity contribution in [2.75, 3.05) is 25.0 Å². The number of benzene rings is 1. The number of rotatable bonds is 3. The predicted octanol–water partition coefficient (Wildman–Crippen LogP) is 2.22. The molecule has 0 radical (unpaired) electrons. The van der Waals surface area contributed by atoms with E-state index in [4.69, 9.17) is 0 Å². The van der Waals surface area contributed by atoms with E-state index in [1.807, 2.05) is 18.2 Å². The standard InChI is InChI=1S/C14H17BrN2O2/c1-16-14(19)10-4-6-17(7-5-10)12-3-2-11(9-18)13(15)8-12/h2-3,8-10H,4-7H2,1H3,(H,16,19). The molecule has 0 atom stereocenters. The number of aldehydes is 1. The second-order valence-corrected chi connectivity index (χ2v) is 5.55. The molecule has 0 aromatic heterocycles. The lowest BCUT2D eigenvalue weighted by molar-refractivity contribution is -0.125. The molecule has 19 heavy (non-hydrogen) atoms. The van der Waals surface area contributed by atoms with Crippen LogP contribution in [0.3, 0.4) is 0 Å². The molecule has 102 valence electrons. The third kappa shape index (κ3) is 3.15. The van der Waals surface area contributed by atoms with Gasteiger partial charge in [-0.15, -0.1) is 0 Å². The monoisotopic (exact) mass is 324 g/mol. The molecule has 2 rings (SSSR count). The summed E-state index contributed by atoms with van der Waals surface area (Å²) in [6.45, 7) is 1.73. The van der Waals surface area contributed by atoms with Gasteiger partial charge in [-0.3, -0.25) is 9.59 Å². The summed E-state index contributed by atoms with van der Waals surface area (Å²) >= 11 is 3.40. The molecule has 1 aromatic carbocycles. The molecule has 0 unspecified atom stereocenters. The van der Waals surface area contributed by atoms with Gasteiger partial charge in [0, 0.05) is 41.8 Å². The van der Waals surface area contributed by atoms with Crippen molar-refractivity contribution in [3.05, 3.63) is 28.2 Å². The summed E-state index contributed by atoms with van der Waals surface area (Å²) < 4.78 is 0.813. The van der Waals surface area contributed by atoms with E-state index >= 15 is 0 Å². The maximum atomic E-state index is 11.6. The SMILES string of the molecule is CNC(=O)C1CCN(c2ccc(C=O)c(Br)c2)CC1. The van der Waals surface area contributed by atoms with Crippen LogP contribution in [0, 0.1) is 5.92 Å². The van der Waals surface area contributed by atoms with Crippen molar-refractivity contribution in [2.45, 2.75) is 12.8 Å². The van der Waals surface area contributed by atoms with E-state index in [1.165, 1.54) is 0 Å². The number of nitrogens with one attached hydrogen (secondary N) is 1. The zero-order chi connectivity index (χ0) is 13.8. The van der Waals surface area contributed by atoms with E-state index in [2.05, 4.69) is 26.1 Å². The van der Waals surface area contributed by atoms with E-state index in [0.29, 0.717) is 5.56 Å². The fourth-order valence-corrected chi connectivity index (χ4v) is 2.87. The van der Waals surface area contributed by atoms with Gasteiger partial charge in [0.05, 0.1) is 0 Å². The van der Waals surface area contributed by atoms with Gasteiger partial charge in [0.1, 0.15) is 0 Å². The third-order valence-electron chi connectivity index (χ3n) is 3.59. The van der Waals surface area contributed by atoms with Gasteiger partial charge >= 0.3 is 0 Å². The van der Waals surface area contributed by atoms with Crippen LogP contribution in [0.15, 0.2) is 22.7 Å². The average molecular weight is 325 g/mol. The molecule has 0 saturated carbocycles. The first-order valence-corrected chi connectivity index (χ1v) is 7.16. The normalized spacial score (nSPS) is 16.2. The summed E-state index contributed by atoms with van der Waals surface area (Å²) in [5.74, 6) is 0.260. The van der Waals surface area contributed by atoms with Crippen LogP contribution in [0.4, 0.5) is 5.69 Å². The van der Waals surface area contributed by atoms with Crippen molar-refractivity contribution < 1.29 is 9.59 Å². The Kier molecular flexibility index (Phi) is 4.58. The highest BCUT2D eigenvalue weighted by molar-refractivity contribution is 9.10. The Hall–Kier alpha value is -1.36. The molecule has 1 fully saturated rings. The number of nitrogens with zero attached hydrogens (tertiary/aromatic N) is 1. The molecule has 1 amide bonds. The minimum absolute atomic E-state index is 0.124. The molecule has 5 heteroatoms. The van der Waals surface area contributed by atoms with Gasteiger partial charge in [-0.25, -0.2) is 0 Å². The lowest BCUT2D eigenvalue weighted by Crippen LogP contribution is -2.39. The van der Waals surface area contributed by atoms with Crippen molar-refractivity contribution >= 4 is 33.8 Å². The largest absolute Gasteiger partial charge is 0.371 e. The molecule has 0 spiro atoms. The van der Waals surface area contributed by atoms with Crippen LogP contribution in [0.1, 0.15) is 23.2 Å². The van der Waals surface area contributed by atoms with Gasteiger partial charge in [0.2, 0.25) is 5.91 Å². The highest BCUT2D eigenvalue weighted by Gasteiger charge is 2.24. The Balaban J connectivity index is 2.03. The highest BCUT2D eigenvalue weighted by Crippen LogP contribution is 2.27. The van der Waals surface area contributed by atoms with Gasteiger partial charge in [-0.05, 0) is 47.0 Å². The average Bonchev–Trinajstić information content (AvgIpc) is 2.46. The summed E-state index contributed by atoms with van der Waals surface area (Å²) in [4.78, 5) is 24.6. The van der Waals surface area contributed by atoms with E-state index in [1.54, 1.807) is 7.05 Å². The molecule has 4 nitrogen and oxygen atoms in total. The number of hydrogen-bond donors (Lipinski definition) is 1. The maximum absolute atomic E-state index is 11.6. The van der Waals surface area contributed by atoms with Crippen LogP contribution >= 0.6 is 15.9 Å². The second-order valence-electron chi connectivity index (χ2n) is 4.70. The molecule has 0 aliphatic carbocycles. The maximum Gasteiger partial charge on any atom is 0.222 e. The van der Waals surface area contributed by atoms with Crippen LogP contribution in [-0.2, 0) is 4.79 Å². The highest BCUT2D eigenvalue weighted by atomic mass is 79.9. The van der Waals surface area contributed by atoms with Gasteiger partial charge < -0.3 is 10.2 Å². The zero-order valence-corrected chi connectivity index (χ0v) is 12.4. The molecule has 1 aromatic rings. The first-order chi connectivity index (χ1) is 9.15. The number of amides is 1. The van der Waals surface area contributed by atoms with E-state index in [-0.39, 0.29) is 11.8 Å². The van der Waals surface area contributed by atoms with Crippen molar-refractivity contribution in [3.8, 4) is 0 Å². The van der Waals surface area contributed by atoms with Crippen molar-refractivity contribution in [1.29, 1.82) is 0 Å². The van der Waals surface area contributed by atoms with E-state index < -0.39 is 0 Å². The Bertz CT molecular complexity index is 482. The Morgan fingerprint density at radius 1 is 1.42 bits per heavy atom. The number of halogens is 1. The van der Waals surface area contributed by atoms with Gasteiger partial charge in [0.15, 0.2) is 6.29 Å². The van der Waals surface area contributed by atoms with Crippen LogP contribution in [0.2, 0.25) is 0 Å². The van der Waals surface area contributed by atoms with Crippen molar-refractivity contribution in [1.82, 2.24) is 5.32 Å². The van der Waals surface area contributed by atoms with Gasteiger partial charge in [-0.2, -0.15) is 0 Å². The van der Waals surface area contributed by atoms with Gasteiger partial charge in [0.25, 0.3) is 0 Å². The third-order valence-corrected chi connectivity index (χ3v) is 4.28. The molecule has 1 aliphatic heterocycles. The zero-order valence-electron chi connectivity index (χ0n) is 10.9. The summed E-state index contributed by atoms with van der Waals surface area (Å²) in [5.41, 5.74) is 1.75. The summed E-state index contributed by atoms with van der Waals surface area (Å²) in [5, 5.41) is 2.71. The topological polar surface area (TPSA) is 49.4 Å². The quantitative estimate of drug-likeness (QED) is 0.867. The van der Waals surface area contributed by atoms with Crippen LogP contribution in [-0.4, -0.2) is 32.3 Å². The summed E-state index contributed by atoms with van der Waals surface area (Å²) in [6.07, 6.45) is 2.57. The number of hydrogen-bond acceptors (Lipinski definition) is 3. The summed E-state index contributed by atoms with van der Waals surface area (Å²) in [6, 6.07) is 5.73. The van der Waals surface area contributed by atoms with Crippen molar-refractivity contribution in [2.24, 2.45) is 5.92 Å². The number of anilines is 1. The first kappa shape index (κ1) is 14.1. The molecular weight excluding hydrogens is 308 g/mol. The molecule has 1 saturated heterocycles. The molecule has 1 aliphatic rings. The lowest BCUT2D eigenvalue weighted by atomic mass is 9.95. The number of carbonyl (C=O) groups excluding carboxylic acids is 2. The number of piperidine rings is 1. The molecular formula is C14H17BrN2O2. The summed E-state index contributed by atoms with van der Waals surface area (Å²) in [7, 11) is 1.68. The molecule has 1 N–H and O–H groups in total. The van der Waals surface area contributed by atoms with Gasteiger partial charge in [-0.1, -0.05) is 0 Å². The lowest BCUT2D eigenvalue weighted by Gasteiger charge is -2.33. The van der Waals surface area contributed by atoms with Crippen LogP contribution in [0.25, 0.3) is 0 Å². The van der Waals surface area contributed by atoms with E-state index in [0.717, 1.165) is 42.4 Å². The van der Waals surface area contributed by atoms with Crippen molar-refractivity contribution in [3.63, 3.8) is 0 Å². The fraction of sp³-hybridized carbons (Fsp3) is 0.429. The minimum Gasteiger partial charge on any atom is -0.371 e. The Morgan fingerprint density at radius 3 is 2.63 bits per heavy atom. The van der Waals surface area contributed by atoms with E-state index in [9.17, 15) is 9.59 Å². The molecule has 0 bridgehead atoms. The second kappa shape index (κ2) is 6.19. The Morgan fingerprint density at radius 2 is 2.11 bits per heavy atom. The molecule has 1 heterocycles. The fourth-order valence-electron chi connectivity index (χ4n) is 2.41. The smallest absolute Gasteiger partial charge is 0.222 e. The Labute approximate surface area is 121 Å². The van der Waals surface area contributed by atoms with Crippen LogP contribution < -0.4 is 10.2 Å². The minimum atomic E-state index is 0.124. The van der Waals surface area contributed by atoms with Crippen LogP contribution in [0.5, 0.6) is 0 Å². The first-order valence-electron chi connectivity index (χ1n) is 6.37. The predicted molar refractivity (Wildman–Crippen MR) is 78.5 cm³/mol. The number of carbonyl (C=O) groups is 2.